The number of unbranched alkanes of at least 4 members (excludes halogenated alkanes) is 17. The van der Waals surface area contributed by atoms with Crippen LogP contribution in [0.5, 0.6) is 0 Å². The average Bonchev–Trinajstić information content (AvgIpc) is 2.86. The van der Waals surface area contributed by atoms with Gasteiger partial charge < -0.3 is 20.5 Å². The Bertz CT molecular complexity index is 691. The van der Waals surface area contributed by atoms with Crippen molar-refractivity contribution in [3.05, 3.63) is 0 Å². The minimum absolute atomic E-state index is 0.0953. The molecule has 7 heteroatoms. The van der Waals surface area contributed by atoms with Crippen LogP contribution in [0.3, 0.4) is 0 Å². The van der Waals surface area contributed by atoms with Gasteiger partial charge in [-0.2, -0.15) is 0 Å². The summed E-state index contributed by atoms with van der Waals surface area (Å²) in [5.74, 6) is 0.155. The molecule has 0 atom stereocenters. The third-order valence-corrected chi connectivity index (χ3v) is 8.64. The van der Waals surface area contributed by atoms with Crippen molar-refractivity contribution in [3.63, 3.8) is 0 Å². The predicted molar refractivity (Wildman–Crippen MR) is 156 cm³/mol. The van der Waals surface area contributed by atoms with Crippen LogP contribution >= 0.6 is 0 Å². The van der Waals surface area contributed by atoms with Crippen molar-refractivity contribution in [2.24, 2.45) is 5.41 Å². The van der Waals surface area contributed by atoms with E-state index >= 15 is 0 Å². The minimum atomic E-state index is -0.216. The molecule has 0 spiro atoms. The van der Waals surface area contributed by atoms with E-state index in [9.17, 15) is 14.4 Å². The van der Waals surface area contributed by atoms with Crippen LogP contribution in [0.2, 0.25) is 0 Å². The molecular formula is C32H58N2O5. The van der Waals surface area contributed by atoms with Crippen molar-refractivity contribution in [2.45, 2.75) is 160 Å². The van der Waals surface area contributed by atoms with Crippen LogP contribution in [0.1, 0.15) is 155 Å². The Kier molecular flexibility index (Phi) is 16.7. The van der Waals surface area contributed by atoms with Gasteiger partial charge in [-0.1, -0.05) is 96.3 Å². The topological polar surface area (TPSA) is 105 Å². The smallest absolute Gasteiger partial charge is 0.302 e. The molecule has 0 heterocycles. The zero-order chi connectivity index (χ0) is 28.2. The number of amides is 2. The van der Waals surface area contributed by atoms with E-state index in [-0.39, 0.29) is 35.3 Å². The molecule has 226 valence electrons. The van der Waals surface area contributed by atoms with Crippen LogP contribution in [0.4, 0.5) is 0 Å². The van der Waals surface area contributed by atoms with Crippen LogP contribution in [0.15, 0.2) is 0 Å². The molecule has 3 saturated carbocycles. The Labute approximate surface area is 238 Å². The molecule has 2 bridgehead atoms. The van der Waals surface area contributed by atoms with Crippen molar-refractivity contribution in [1.29, 1.82) is 0 Å². The molecule has 3 N–H and O–H groups in total. The number of hydrogen-bond acceptors (Lipinski definition) is 5. The Morgan fingerprint density at radius 1 is 0.667 bits per heavy atom. The fourth-order valence-corrected chi connectivity index (χ4v) is 6.40. The van der Waals surface area contributed by atoms with Gasteiger partial charge in [0.05, 0.1) is 12.0 Å². The predicted octanol–water partition coefficient (Wildman–Crippen LogP) is 6.50. The molecule has 0 unspecified atom stereocenters. The molecule has 0 saturated heterocycles. The van der Waals surface area contributed by atoms with Crippen molar-refractivity contribution < 1.29 is 24.2 Å². The molecule has 3 aliphatic carbocycles. The second-order valence-corrected chi connectivity index (χ2v) is 12.4. The normalized spacial score (nSPS) is 21.1. The molecule has 0 aliphatic heterocycles. The van der Waals surface area contributed by atoms with Crippen molar-refractivity contribution in [1.82, 2.24) is 10.6 Å². The first-order valence-electron chi connectivity index (χ1n) is 16.2. The lowest BCUT2D eigenvalue weighted by Gasteiger charge is -2.69. The number of aliphatic hydroxyl groups excluding tert-OH is 1. The summed E-state index contributed by atoms with van der Waals surface area (Å²) in [4.78, 5) is 35.6. The summed E-state index contributed by atoms with van der Waals surface area (Å²) in [6, 6.07) is 0. The summed E-state index contributed by atoms with van der Waals surface area (Å²) in [6.07, 6.45) is 25.5. The fraction of sp³-hybridized carbons (Fsp3) is 0.906. The molecule has 3 fully saturated rings. The number of hydrogen-bond donors (Lipinski definition) is 3. The number of carbonyl (C=O) groups excluding carboxylic acids is 3. The number of esters is 1. The Morgan fingerprint density at radius 2 is 1.13 bits per heavy atom. The summed E-state index contributed by atoms with van der Waals surface area (Å²) in [7, 11) is 0. The maximum absolute atomic E-state index is 12.5. The SMILES string of the molecule is CC(=O)OCCCCCCCCCCCCCCCCCC(=O)NC12CC(C(=O)NCCCCCCO)(C1)C2. The van der Waals surface area contributed by atoms with Crippen molar-refractivity contribution in [2.75, 3.05) is 19.8 Å². The quantitative estimate of drug-likeness (QED) is 0.0842. The Morgan fingerprint density at radius 3 is 1.64 bits per heavy atom. The molecule has 2 amide bonds. The van der Waals surface area contributed by atoms with Gasteiger partial charge in [-0.3, -0.25) is 14.4 Å². The summed E-state index contributed by atoms with van der Waals surface area (Å²) in [5.41, 5.74) is -0.311. The Hall–Kier alpha value is -1.63. The maximum Gasteiger partial charge on any atom is 0.302 e. The summed E-state index contributed by atoms with van der Waals surface area (Å²) in [6.45, 7) is 3.00. The zero-order valence-corrected chi connectivity index (χ0v) is 25.0. The molecular weight excluding hydrogens is 492 g/mol. The lowest BCUT2D eigenvalue weighted by molar-refractivity contribution is -0.183. The number of aliphatic hydroxyl groups is 1. The first-order valence-corrected chi connectivity index (χ1v) is 16.2. The van der Waals surface area contributed by atoms with Gasteiger partial charge in [-0.05, 0) is 44.9 Å². The highest BCUT2D eigenvalue weighted by Gasteiger charge is 2.71. The monoisotopic (exact) mass is 550 g/mol. The molecule has 0 aromatic carbocycles. The van der Waals surface area contributed by atoms with Gasteiger partial charge in [-0.15, -0.1) is 0 Å². The van der Waals surface area contributed by atoms with Crippen molar-refractivity contribution in [3.8, 4) is 0 Å². The molecule has 3 aliphatic rings. The third kappa shape index (κ3) is 13.5. The van der Waals surface area contributed by atoms with Gasteiger partial charge in [0, 0.05) is 32.0 Å². The van der Waals surface area contributed by atoms with Crippen LogP contribution in [0.25, 0.3) is 0 Å². The highest BCUT2D eigenvalue weighted by atomic mass is 16.5. The molecule has 0 aromatic rings. The maximum atomic E-state index is 12.5. The lowest BCUT2D eigenvalue weighted by Crippen LogP contribution is -2.78. The zero-order valence-electron chi connectivity index (χ0n) is 25.0. The summed E-state index contributed by atoms with van der Waals surface area (Å²) < 4.78 is 4.95. The van der Waals surface area contributed by atoms with Gasteiger partial charge in [0.25, 0.3) is 0 Å². The average molecular weight is 551 g/mol. The molecule has 39 heavy (non-hydrogen) atoms. The van der Waals surface area contributed by atoms with Crippen LogP contribution in [-0.2, 0) is 19.1 Å². The standard InChI is InChI=1S/C32H58N2O5/c1-28(36)39-24-20-16-12-10-8-6-4-2-3-5-7-9-11-13-17-21-29(37)34-32-25-31(26-32,27-32)30(38)33-22-18-14-15-19-23-35/h35H,2-27H2,1H3,(H,33,38)(H,34,37). The van der Waals surface area contributed by atoms with E-state index in [1.165, 1.54) is 77.6 Å². The van der Waals surface area contributed by atoms with Gasteiger partial charge in [0.1, 0.15) is 0 Å². The molecule has 7 nitrogen and oxygen atoms in total. The summed E-state index contributed by atoms with van der Waals surface area (Å²) >= 11 is 0. The summed E-state index contributed by atoms with van der Waals surface area (Å²) in [5, 5.41) is 15.1. The van der Waals surface area contributed by atoms with E-state index in [1.54, 1.807) is 0 Å². The van der Waals surface area contributed by atoms with Gasteiger partial charge in [0.2, 0.25) is 11.8 Å². The molecule has 0 radical (unpaired) electrons. The van der Waals surface area contributed by atoms with Crippen molar-refractivity contribution >= 4 is 17.8 Å². The second kappa shape index (κ2) is 19.4. The van der Waals surface area contributed by atoms with E-state index in [0.29, 0.717) is 19.6 Å². The molecule has 0 aromatic heterocycles. The highest BCUT2D eigenvalue weighted by Crippen LogP contribution is 2.67. The van der Waals surface area contributed by atoms with Crippen LogP contribution < -0.4 is 10.6 Å². The van der Waals surface area contributed by atoms with E-state index in [4.69, 9.17) is 9.84 Å². The number of rotatable bonds is 26. The van der Waals surface area contributed by atoms with E-state index in [0.717, 1.165) is 70.6 Å². The third-order valence-electron chi connectivity index (χ3n) is 8.64. The van der Waals surface area contributed by atoms with Crippen LogP contribution in [-0.4, -0.2) is 48.2 Å². The lowest BCUT2D eigenvalue weighted by atomic mass is 9.39. The Balaban J connectivity index is 1.30. The minimum Gasteiger partial charge on any atom is -0.466 e. The first-order chi connectivity index (χ1) is 18.9. The van der Waals surface area contributed by atoms with Gasteiger partial charge in [-0.25, -0.2) is 0 Å². The molecule has 3 rings (SSSR count). The van der Waals surface area contributed by atoms with E-state index in [2.05, 4.69) is 10.6 Å². The van der Waals surface area contributed by atoms with Crippen LogP contribution in [0, 0.1) is 5.41 Å². The highest BCUT2D eigenvalue weighted by molar-refractivity contribution is 5.88. The second-order valence-electron chi connectivity index (χ2n) is 12.4. The number of nitrogens with one attached hydrogen (secondary N) is 2. The van der Waals surface area contributed by atoms with E-state index < -0.39 is 0 Å². The van der Waals surface area contributed by atoms with Gasteiger partial charge in [0.15, 0.2) is 0 Å². The van der Waals surface area contributed by atoms with Gasteiger partial charge >= 0.3 is 5.97 Å². The first kappa shape index (κ1) is 33.6. The van der Waals surface area contributed by atoms with E-state index in [1.807, 2.05) is 0 Å². The largest absolute Gasteiger partial charge is 0.466 e. The fourth-order valence-electron chi connectivity index (χ4n) is 6.40. The number of carbonyl (C=O) groups is 3. The number of ether oxygens (including phenoxy) is 1.